The van der Waals surface area contributed by atoms with E-state index >= 15 is 0 Å². The van der Waals surface area contributed by atoms with Gasteiger partial charge in [0.05, 0.1) is 16.3 Å². The first kappa shape index (κ1) is 30.0. The number of carbonyl (C=O) groups is 4. The smallest absolute Gasteiger partial charge is 0.337 e. The highest BCUT2D eigenvalue weighted by molar-refractivity contribution is 8.00. The highest BCUT2D eigenvalue weighted by Gasteiger charge is 2.16. The summed E-state index contributed by atoms with van der Waals surface area (Å²) in [4.78, 5) is 50.2. The van der Waals surface area contributed by atoms with Crippen LogP contribution in [0.15, 0.2) is 108 Å². The zero-order valence-electron chi connectivity index (χ0n) is 21.8. The second-order valence-corrected chi connectivity index (χ2v) is 10.2. The van der Waals surface area contributed by atoms with E-state index in [1.165, 1.54) is 54.2 Å². The lowest BCUT2D eigenvalue weighted by atomic mass is 10.1. The zero-order valence-corrected chi connectivity index (χ0v) is 23.3. The van der Waals surface area contributed by atoms with Crippen LogP contribution in [0.25, 0.3) is 6.08 Å². The molecule has 8 nitrogen and oxygen atoms in total. The molecule has 0 atom stereocenters. The van der Waals surface area contributed by atoms with Gasteiger partial charge in [-0.05, 0) is 66.7 Å². The van der Waals surface area contributed by atoms with Gasteiger partial charge in [-0.2, -0.15) is 0 Å². The summed E-state index contributed by atoms with van der Waals surface area (Å²) in [5.74, 6) is -3.26. The molecular formula is C31H23ClFN3O5S. The molecule has 4 rings (SSSR count). The fourth-order valence-corrected chi connectivity index (χ4v) is 4.53. The van der Waals surface area contributed by atoms with Gasteiger partial charge in [0.15, 0.2) is 0 Å². The van der Waals surface area contributed by atoms with Crippen LogP contribution in [0.3, 0.4) is 0 Å². The maximum atomic E-state index is 14.3. The van der Waals surface area contributed by atoms with Crippen LogP contribution in [-0.4, -0.2) is 34.6 Å². The molecule has 42 heavy (non-hydrogen) atoms. The minimum Gasteiger partial charge on any atom is -0.478 e. The van der Waals surface area contributed by atoms with Gasteiger partial charge in [-0.15, -0.1) is 11.8 Å². The number of amides is 3. The molecule has 0 aliphatic rings. The van der Waals surface area contributed by atoms with Crippen molar-refractivity contribution in [2.75, 3.05) is 16.4 Å². The normalized spacial score (nSPS) is 11.0. The molecule has 4 aromatic carbocycles. The number of hydrogen-bond donors (Lipinski definition) is 4. The van der Waals surface area contributed by atoms with Crippen LogP contribution in [0.1, 0.15) is 26.3 Å². The molecule has 4 N–H and O–H groups in total. The van der Waals surface area contributed by atoms with Crippen LogP contribution in [0.4, 0.5) is 15.8 Å². The molecule has 0 heterocycles. The van der Waals surface area contributed by atoms with E-state index in [9.17, 15) is 28.7 Å². The fraction of sp³-hybridized carbons (Fsp3) is 0.0323. The molecule has 0 fully saturated rings. The van der Waals surface area contributed by atoms with Crippen molar-refractivity contribution in [1.82, 2.24) is 5.32 Å². The Kier molecular flexibility index (Phi) is 10.1. The fourth-order valence-electron chi connectivity index (χ4n) is 3.64. The molecule has 4 aromatic rings. The minimum atomic E-state index is -1.20. The van der Waals surface area contributed by atoms with Gasteiger partial charge in [-0.3, -0.25) is 14.4 Å². The summed E-state index contributed by atoms with van der Waals surface area (Å²) in [5.41, 5.74) is 0.889. The quantitative estimate of drug-likeness (QED) is 0.124. The Morgan fingerprint density at radius 1 is 0.833 bits per heavy atom. The number of nitrogens with one attached hydrogen (secondary N) is 3. The predicted octanol–water partition coefficient (Wildman–Crippen LogP) is 6.32. The number of thioether (sulfide) groups is 1. The van der Waals surface area contributed by atoms with E-state index in [1.54, 1.807) is 60.7 Å². The number of carbonyl (C=O) groups excluding carboxylic acids is 3. The van der Waals surface area contributed by atoms with Gasteiger partial charge in [0.25, 0.3) is 11.8 Å². The molecule has 0 bridgehead atoms. The monoisotopic (exact) mass is 603 g/mol. The van der Waals surface area contributed by atoms with Gasteiger partial charge < -0.3 is 21.1 Å². The molecule has 0 aliphatic heterocycles. The lowest BCUT2D eigenvalue weighted by molar-refractivity contribution is -0.114. The Balaban J connectivity index is 1.40. The molecule has 0 aliphatic carbocycles. The van der Waals surface area contributed by atoms with Crippen LogP contribution >= 0.6 is 23.4 Å². The molecule has 0 unspecified atom stereocenters. The summed E-state index contributed by atoms with van der Waals surface area (Å²) in [6, 6.07) is 25.0. The number of rotatable bonds is 10. The SMILES string of the molecule is O=C(CSc1ccc(NC(=O)/C(=C/c2ccccc2F)NC(=O)c2ccccc2)cc1)Nc1ccc(Cl)c(C(=O)O)c1. The van der Waals surface area contributed by atoms with Crippen molar-refractivity contribution < 1.29 is 28.7 Å². The third-order valence-corrected chi connectivity index (χ3v) is 7.04. The second kappa shape index (κ2) is 14.1. The van der Waals surface area contributed by atoms with Crippen molar-refractivity contribution >= 4 is 64.5 Å². The lowest BCUT2D eigenvalue weighted by Crippen LogP contribution is -2.30. The molecular weight excluding hydrogens is 581 g/mol. The van der Waals surface area contributed by atoms with E-state index < -0.39 is 23.6 Å². The van der Waals surface area contributed by atoms with E-state index in [1.807, 2.05) is 0 Å². The molecule has 11 heteroatoms. The molecule has 212 valence electrons. The molecule has 0 saturated heterocycles. The summed E-state index contributed by atoms with van der Waals surface area (Å²) in [7, 11) is 0. The van der Waals surface area contributed by atoms with E-state index in [2.05, 4.69) is 16.0 Å². The highest BCUT2D eigenvalue weighted by Crippen LogP contribution is 2.23. The van der Waals surface area contributed by atoms with E-state index in [0.717, 1.165) is 4.90 Å². The van der Waals surface area contributed by atoms with Gasteiger partial charge in [-0.25, -0.2) is 9.18 Å². The van der Waals surface area contributed by atoms with Crippen molar-refractivity contribution in [3.8, 4) is 0 Å². The Bertz CT molecular complexity index is 1660. The van der Waals surface area contributed by atoms with E-state index in [0.29, 0.717) is 16.9 Å². The molecule has 0 spiro atoms. The number of carboxylic acids is 1. The van der Waals surface area contributed by atoms with Gasteiger partial charge in [-0.1, -0.05) is 48.0 Å². The number of hydrogen-bond acceptors (Lipinski definition) is 5. The van der Waals surface area contributed by atoms with Crippen LogP contribution in [0.5, 0.6) is 0 Å². The standard InChI is InChI=1S/C31H23ClFN3O5S/c32-25-15-12-22(17-24(25)31(40)41)34-28(37)18-42-23-13-10-21(11-14-23)35-30(39)27(16-20-8-4-5-9-26(20)33)36-29(38)19-6-2-1-3-7-19/h1-17H,18H2,(H,34,37)(H,35,39)(H,36,38)(H,40,41)/b27-16-. The third kappa shape index (κ3) is 8.29. The predicted molar refractivity (Wildman–Crippen MR) is 161 cm³/mol. The Morgan fingerprint density at radius 2 is 1.50 bits per heavy atom. The summed E-state index contributed by atoms with van der Waals surface area (Å²) >= 11 is 7.09. The van der Waals surface area contributed by atoms with Crippen LogP contribution in [-0.2, 0) is 9.59 Å². The first-order chi connectivity index (χ1) is 20.2. The lowest BCUT2D eigenvalue weighted by Gasteiger charge is -2.12. The molecule has 0 radical (unpaired) electrons. The third-order valence-electron chi connectivity index (χ3n) is 5.70. The van der Waals surface area contributed by atoms with E-state index in [-0.39, 0.29) is 33.5 Å². The van der Waals surface area contributed by atoms with Crippen molar-refractivity contribution in [2.45, 2.75) is 4.90 Å². The summed E-state index contributed by atoms with van der Waals surface area (Å²) in [6.45, 7) is 0. The average molecular weight is 604 g/mol. The van der Waals surface area contributed by atoms with Crippen LogP contribution in [0.2, 0.25) is 5.02 Å². The summed E-state index contributed by atoms with van der Waals surface area (Å²) in [5, 5.41) is 17.1. The van der Waals surface area contributed by atoms with Gasteiger partial charge in [0.1, 0.15) is 11.5 Å². The second-order valence-electron chi connectivity index (χ2n) is 8.71. The number of benzene rings is 4. The summed E-state index contributed by atoms with van der Waals surface area (Å²) < 4.78 is 14.3. The number of aromatic carboxylic acids is 1. The molecule has 3 amide bonds. The van der Waals surface area contributed by atoms with Crippen LogP contribution < -0.4 is 16.0 Å². The first-order valence-corrected chi connectivity index (χ1v) is 13.8. The minimum absolute atomic E-state index is 0.0395. The van der Waals surface area contributed by atoms with Crippen LogP contribution in [0, 0.1) is 5.82 Å². The largest absolute Gasteiger partial charge is 0.478 e. The Hall–Kier alpha value is -4.93. The van der Waals surface area contributed by atoms with Crippen molar-refractivity contribution in [3.63, 3.8) is 0 Å². The van der Waals surface area contributed by atoms with Crippen molar-refractivity contribution in [1.29, 1.82) is 0 Å². The van der Waals surface area contributed by atoms with Crippen molar-refractivity contribution in [3.05, 3.63) is 130 Å². The topological polar surface area (TPSA) is 125 Å². The van der Waals surface area contributed by atoms with Crippen molar-refractivity contribution in [2.24, 2.45) is 0 Å². The highest BCUT2D eigenvalue weighted by atomic mass is 35.5. The first-order valence-electron chi connectivity index (χ1n) is 12.4. The molecule has 0 saturated carbocycles. The maximum Gasteiger partial charge on any atom is 0.337 e. The Morgan fingerprint density at radius 3 is 2.19 bits per heavy atom. The number of anilines is 2. The van der Waals surface area contributed by atoms with Gasteiger partial charge in [0, 0.05) is 27.4 Å². The average Bonchev–Trinajstić information content (AvgIpc) is 2.98. The zero-order chi connectivity index (χ0) is 30.1. The summed E-state index contributed by atoms with van der Waals surface area (Å²) in [6.07, 6.45) is 1.26. The molecule has 0 aromatic heterocycles. The van der Waals surface area contributed by atoms with E-state index in [4.69, 9.17) is 11.6 Å². The Labute approximate surface area is 249 Å². The van der Waals surface area contributed by atoms with Gasteiger partial charge >= 0.3 is 5.97 Å². The number of carboxylic acid groups (broad SMARTS) is 1. The maximum absolute atomic E-state index is 14.3. The number of halogens is 2. The van der Waals surface area contributed by atoms with Gasteiger partial charge in [0.2, 0.25) is 5.91 Å².